The Morgan fingerprint density at radius 2 is 2.10 bits per heavy atom. The lowest BCUT2D eigenvalue weighted by Gasteiger charge is -2.36. The summed E-state index contributed by atoms with van der Waals surface area (Å²) >= 11 is 0. The Hall–Kier alpha value is -1.11. The van der Waals surface area contributed by atoms with Crippen molar-refractivity contribution >= 4 is 15.7 Å². The van der Waals surface area contributed by atoms with E-state index in [0.29, 0.717) is 23.7 Å². The number of para-hydroxylation sites is 1. The number of hydrogen-bond donors (Lipinski definition) is 1. The van der Waals surface area contributed by atoms with Gasteiger partial charge in [0.2, 0.25) is 10.0 Å². The first kappa shape index (κ1) is 13.9. The molecule has 110 valence electrons. The average molecular weight is 296 g/mol. The van der Waals surface area contributed by atoms with Crippen molar-refractivity contribution in [3.8, 4) is 0 Å². The van der Waals surface area contributed by atoms with Gasteiger partial charge in [-0.3, -0.25) is 0 Å². The van der Waals surface area contributed by atoms with Crippen LogP contribution in [0.1, 0.15) is 19.3 Å². The molecule has 1 aliphatic heterocycles. The zero-order valence-corrected chi connectivity index (χ0v) is 12.4. The Morgan fingerprint density at radius 3 is 2.90 bits per heavy atom. The smallest absolute Gasteiger partial charge is 0.245 e. The zero-order valence-electron chi connectivity index (χ0n) is 11.6. The van der Waals surface area contributed by atoms with Crippen LogP contribution in [0.5, 0.6) is 0 Å². The number of rotatable bonds is 3. The number of ether oxygens (including phenoxy) is 1. The van der Waals surface area contributed by atoms with Gasteiger partial charge in [-0.2, -0.15) is 4.31 Å². The molecule has 1 saturated heterocycles. The lowest BCUT2D eigenvalue weighted by molar-refractivity contribution is -0.0241. The molecular formula is C14H20N2O3S. The monoisotopic (exact) mass is 296 g/mol. The summed E-state index contributed by atoms with van der Waals surface area (Å²) in [7, 11) is -1.73. The van der Waals surface area contributed by atoms with Gasteiger partial charge in [-0.05, 0) is 31.4 Å². The van der Waals surface area contributed by atoms with Crippen molar-refractivity contribution in [3.05, 3.63) is 24.3 Å². The largest absolute Gasteiger partial charge is 0.387 e. The van der Waals surface area contributed by atoms with Gasteiger partial charge in [-0.15, -0.1) is 0 Å². The molecule has 0 bridgehead atoms. The van der Waals surface area contributed by atoms with Crippen LogP contribution in [-0.4, -0.2) is 45.1 Å². The maximum Gasteiger partial charge on any atom is 0.245 e. The maximum atomic E-state index is 12.9. The van der Waals surface area contributed by atoms with Gasteiger partial charge in [-0.1, -0.05) is 12.1 Å². The Kier molecular flexibility index (Phi) is 3.70. The van der Waals surface area contributed by atoms with Gasteiger partial charge in [0.15, 0.2) is 0 Å². The molecule has 1 saturated carbocycles. The van der Waals surface area contributed by atoms with Crippen molar-refractivity contribution < 1.29 is 13.2 Å². The molecule has 0 spiro atoms. The minimum Gasteiger partial charge on any atom is -0.387 e. The van der Waals surface area contributed by atoms with Crippen molar-refractivity contribution in [3.63, 3.8) is 0 Å². The first-order valence-corrected chi connectivity index (χ1v) is 8.49. The van der Waals surface area contributed by atoms with Crippen molar-refractivity contribution in [2.75, 3.05) is 25.5 Å². The predicted molar refractivity (Wildman–Crippen MR) is 77.3 cm³/mol. The number of anilines is 1. The molecule has 1 aliphatic carbocycles. The molecule has 2 fully saturated rings. The van der Waals surface area contributed by atoms with Crippen molar-refractivity contribution in [1.82, 2.24) is 4.31 Å². The first-order chi connectivity index (χ1) is 9.64. The Bertz CT molecular complexity index is 588. The standard InChI is InChI=1S/C14H20N2O3S/c1-15-11-5-2-3-8-14(11)20(17,18)16-9-10-19-13-7-4-6-12(13)16/h2-3,5,8,12-13,15H,4,6-7,9-10H2,1H3. The van der Waals surface area contributed by atoms with Gasteiger partial charge in [0, 0.05) is 13.6 Å². The summed E-state index contributed by atoms with van der Waals surface area (Å²) in [5, 5.41) is 2.96. The van der Waals surface area contributed by atoms with E-state index >= 15 is 0 Å². The third-order valence-electron chi connectivity index (χ3n) is 4.17. The Labute approximate surface area is 120 Å². The van der Waals surface area contributed by atoms with E-state index in [4.69, 9.17) is 4.74 Å². The molecule has 0 radical (unpaired) electrons. The second kappa shape index (κ2) is 5.35. The molecule has 5 nitrogen and oxygen atoms in total. The fourth-order valence-corrected chi connectivity index (χ4v) is 5.08. The number of nitrogens with one attached hydrogen (secondary N) is 1. The van der Waals surface area contributed by atoms with Crippen molar-refractivity contribution in [2.45, 2.75) is 36.3 Å². The highest BCUT2D eigenvalue weighted by atomic mass is 32.2. The molecular weight excluding hydrogens is 276 g/mol. The highest BCUT2D eigenvalue weighted by molar-refractivity contribution is 7.89. The minimum absolute atomic E-state index is 0.00124. The van der Waals surface area contributed by atoms with Crippen LogP contribution in [-0.2, 0) is 14.8 Å². The number of benzene rings is 1. The maximum absolute atomic E-state index is 12.9. The summed E-state index contributed by atoms with van der Waals surface area (Å²) in [5.74, 6) is 0. The van der Waals surface area contributed by atoms with Crippen LogP contribution >= 0.6 is 0 Å². The van der Waals surface area contributed by atoms with E-state index in [2.05, 4.69) is 5.32 Å². The second-order valence-corrected chi connectivity index (χ2v) is 7.13. The van der Waals surface area contributed by atoms with Crippen LogP contribution in [0, 0.1) is 0 Å². The lowest BCUT2D eigenvalue weighted by atomic mass is 10.2. The summed E-state index contributed by atoms with van der Waals surface area (Å²) in [6, 6.07) is 7.06. The highest BCUT2D eigenvalue weighted by Gasteiger charge is 2.42. The minimum atomic E-state index is -3.47. The van der Waals surface area contributed by atoms with Crippen molar-refractivity contribution in [1.29, 1.82) is 0 Å². The molecule has 0 aromatic heterocycles. The van der Waals surface area contributed by atoms with E-state index in [1.54, 1.807) is 29.6 Å². The highest BCUT2D eigenvalue weighted by Crippen LogP contribution is 2.34. The summed E-state index contributed by atoms with van der Waals surface area (Å²) in [6.07, 6.45) is 2.96. The number of morpholine rings is 1. The number of fused-ring (bicyclic) bond motifs is 1. The summed E-state index contributed by atoms with van der Waals surface area (Å²) < 4.78 is 33.2. The second-order valence-electron chi connectivity index (χ2n) is 5.27. The zero-order chi connectivity index (χ0) is 14.2. The van der Waals surface area contributed by atoms with Crippen LogP contribution in [0.3, 0.4) is 0 Å². The van der Waals surface area contributed by atoms with Gasteiger partial charge < -0.3 is 10.1 Å². The summed E-state index contributed by atoms with van der Waals surface area (Å²) in [4.78, 5) is 0.357. The van der Waals surface area contributed by atoms with E-state index in [1.807, 2.05) is 6.07 Å². The SMILES string of the molecule is CNc1ccccc1S(=O)(=O)N1CCOC2CCCC21. The molecule has 2 aliphatic rings. The molecule has 2 unspecified atom stereocenters. The van der Waals surface area contributed by atoms with Gasteiger partial charge >= 0.3 is 0 Å². The van der Waals surface area contributed by atoms with Crippen LogP contribution in [0.2, 0.25) is 0 Å². The third-order valence-corrected chi connectivity index (χ3v) is 6.16. The van der Waals surface area contributed by atoms with Gasteiger partial charge in [-0.25, -0.2) is 8.42 Å². The van der Waals surface area contributed by atoms with E-state index in [1.165, 1.54) is 0 Å². The third kappa shape index (κ3) is 2.21. The number of nitrogens with zero attached hydrogens (tertiary/aromatic N) is 1. The molecule has 1 heterocycles. The van der Waals surface area contributed by atoms with E-state index in [-0.39, 0.29) is 12.1 Å². The van der Waals surface area contributed by atoms with Crippen LogP contribution < -0.4 is 5.32 Å². The molecule has 6 heteroatoms. The molecule has 0 amide bonds. The summed E-state index contributed by atoms with van der Waals surface area (Å²) in [5.41, 5.74) is 0.647. The predicted octanol–water partition coefficient (Wildman–Crippen LogP) is 1.67. The van der Waals surface area contributed by atoms with Crippen molar-refractivity contribution in [2.24, 2.45) is 0 Å². The van der Waals surface area contributed by atoms with E-state index in [0.717, 1.165) is 19.3 Å². The molecule has 1 aromatic carbocycles. The van der Waals surface area contributed by atoms with Gasteiger partial charge in [0.1, 0.15) is 4.90 Å². The first-order valence-electron chi connectivity index (χ1n) is 7.05. The Morgan fingerprint density at radius 1 is 1.30 bits per heavy atom. The molecule has 1 aromatic rings. The van der Waals surface area contributed by atoms with Gasteiger partial charge in [0.05, 0.1) is 24.4 Å². The number of sulfonamides is 1. The average Bonchev–Trinajstić information content (AvgIpc) is 2.95. The molecule has 3 rings (SSSR count). The fourth-order valence-electron chi connectivity index (χ4n) is 3.21. The fraction of sp³-hybridized carbons (Fsp3) is 0.571. The quantitative estimate of drug-likeness (QED) is 0.922. The van der Waals surface area contributed by atoms with E-state index < -0.39 is 10.0 Å². The van der Waals surface area contributed by atoms with Crippen LogP contribution in [0.25, 0.3) is 0 Å². The van der Waals surface area contributed by atoms with Gasteiger partial charge in [0.25, 0.3) is 0 Å². The van der Waals surface area contributed by atoms with Crippen LogP contribution in [0.15, 0.2) is 29.2 Å². The van der Waals surface area contributed by atoms with E-state index in [9.17, 15) is 8.42 Å². The normalized spacial score (nSPS) is 27.2. The molecule has 20 heavy (non-hydrogen) atoms. The lowest BCUT2D eigenvalue weighted by Crippen LogP contribution is -2.51. The van der Waals surface area contributed by atoms with Crippen LogP contribution in [0.4, 0.5) is 5.69 Å². The molecule has 1 N–H and O–H groups in total. The Balaban J connectivity index is 1.98. The number of hydrogen-bond acceptors (Lipinski definition) is 4. The molecule has 2 atom stereocenters. The topological polar surface area (TPSA) is 58.6 Å². The summed E-state index contributed by atoms with van der Waals surface area (Å²) in [6.45, 7) is 0.934.